The van der Waals surface area contributed by atoms with Crippen molar-refractivity contribution in [3.8, 4) is 5.88 Å². The van der Waals surface area contributed by atoms with Crippen LogP contribution in [-0.2, 0) is 0 Å². The Labute approximate surface area is 143 Å². The Kier molecular flexibility index (Phi) is 4.76. The monoisotopic (exact) mass is 401 g/mol. The smallest absolute Gasteiger partial charge is 0.287 e. The zero-order chi connectivity index (χ0) is 17.2. The fourth-order valence-electron chi connectivity index (χ4n) is 1.95. The van der Waals surface area contributed by atoms with Gasteiger partial charge in [-0.1, -0.05) is 0 Å². The normalized spacial score (nSPS) is 16.6. The highest BCUT2D eigenvalue weighted by Gasteiger charge is 2.36. The number of nitrogens with zero attached hydrogens (tertiary/aromatic N) is 3. The second-order valence-electron chi connectivity index (χ2n) is 5.21. The number of β-amino-alcohol motifs (C(OH)–C–C–N with tert-alkyl or cyclic N) is 1. The number of amidine groups is 1. The standard InChI is InChI=1S/C13H13BrFN5O4/c14-8-3-7(1-2-9(8)15)17-11(18-22)10-12(20-24-19-10)23-6-13(21)4-16-5-13/h1-3,16,21-22H,4-6H2,(H,17,18). The van der Waals surface area contributed by atoms with E-state index < -0.39 is 11.4 Å². The number of aliphatic imine (C=N–C) groups is 1. The molecule has 4 N–H and O–H groups in total. The lowest BCUT2D eigenvalue weighted by Crippen LogP contribution is -2.62. The average molecular weight is 402 g/mol. The predicted molar refractivity (Wildman–Crippen MR) is 82.8 cm³/mol. The van der Waals surface area contributed by atoms with Crippen LogP contribution < -0.4 is 15.5 Å². The summed E-state index contributed by atoms with van der Waals surface area (Å²) in [6.07, 6.45) is 0. The molecular formula is C13H13BrFN5O4. The van der Waals surface area contributed by atoms with Gasteiger partial charge in [0.05, 0.1) is 10.2 Å². The van der Waals surface area contributed by atoms with Crippen LogP contribution in [0.5, 0.6) is 5.88 Å². The quantitative estimate of drug-likeness (QED) is 0.328. The second kappa shape index (κ2) is 6.81. The third-order valence-corrected chi connectivity index (χ3v) is 3.93. The first kappa shape index (κ1) is 16.8. The van der Waals surface area contributed by atoms with Crippen molar-refractivity contribution >= 4 is 27.5 Å². The lowest BCUT2D eigenvalue weighted by atomic mass is 9.99. The molecule has 24 heavy (non-hydrogen) atoms. The van der Waals surface area contributed by atoms with Gasteiger partial charge >= 0.3 is 0 Å². The van der Waals surface area contributed by atoms with Gasteiger partial charge in [0.15, 0.2) is 5.84 Å². The Morgan fingerprint density at radius 1 is 1.50 bits per heavy atom. The molecule has 1 aromatic heterocycles. The molecule has 2 heterocycles. The van der Waals surface area contributed by atoms with Crippen molar-refractivity contribution in [3.63, 3.8) is 0 Å². The van der Waals surface area contributed by atoms with E-state index in [4.69, 9.17) is 4.74 Å². The molecule has 0 spiro atoms. The maximum atomic E-state index is 13.3. The largest absolute Gasteiger partial charge is 0.471 e. The summed E-state index contributed by atoms with van der Waals surface area (Å²) in [5.74, 6) is -0.595. The first-order valence-corrected chi connectivity index (χ1v) is 7.63. The highest BCUT2D eigenvalue weighted by atomic mass is 79.9. The van der Waals surface area contributed by atoms with Gasteiger partial charge in [-0.3, -0.25) is 10.7 Å². The molecule has 3 rings (SSSR count). The summed E-state index contributed by atoms with van der Waals surface area (Å²) < 4.78 is 23.5. The summed E-state index contributed by atoms with van der Waals surface area (Å²) in [6, 6.07) is 4.05. The highest BCUT2D eigenvalue weighted by molar-refractivity contribution is 9.10. The van der Waals surface area contributed by atoms with E-state index >= 15 is 0 Å². The molecule has 0 unspecified atom stereocenters. The van der Waals surface area contributed by atoms with Crippen LogP contribution in [0.15, 0.2) is 32.3 Å². The molecule has 1 aliphatic rings. The van der Waals surface area contributed by atoms with Crippen LogP contribution in [0, 0.1) is 5.82 Å². The minimum atomic E-state index is -0.984. The summed E-state index contributed by atoms with van der Waals surface area (Å²) in [5.41, 5.74) is 1.24. The van der Waals surface area contributed by atoms with Crippen molar-refractivity contribution in [2.24, 2.45) is 4.99 Å². The van der Waals surface area contributed by atoms with E-state index in [1.807, 2.05) is 5.48 Å². The Bertz CT molecular complexity index is 765. The van der Waals surface area contributed by atoms with Gasteiger partial charge in [-0.15, -0.1) is 0 Å². The number of aliphatic hydroxyl groups is 1. The average Bonchev–Trinajstić information content (AvgIpc) is 3.00. The van der Waals surface area contributed by atoms with Crippen molar-refractivity contribution in [3.05, 3.63) is 34.2 Å². The molecule has 1 fully saturated rings. The van der Waals surface area contributed by atoms with E-state index in [2.05, 4.69) is 41.2 Å². The molecule has 1 saturated heterocycles. The predicted octanol–water partition coefficient (Wildman–Crippen LogP) is 0.741. The zero-order valence-corrected chi connectivity index (χ0v) is 13.7. The molecule has 1 aromatic carbocycles. The van der Waals surface area contributed by atoms with Crippen molar-refractivity contribution in [1.82, 2.24) is 21.1 Å². The van der Waals surface area contributed by atoms with Crippen molar-refractivity contribution in [1.29, 1.82) is 0 Å². The third-order valence-electron chi connectivity index (χ3n) is 3.32. The first-order chi connectivity index (χ1) is 11.5. The van der Waals surface area contributed by atoms with E-state index in [0.717, 1.165) is 0 Å². The molecular weight excluding hydrogens is 389 g/mol. The van der Waals surface area contributed by atoms with Gasteiger partial charge in [0.25, 0.3) is 5.88 Å². The van der Waals surface area contributed by atoms with Gasteiger partial charge in [-0.05, 0) is 44.4 Å². The molecule has 9 nitrogen and oxygen atoms in total. The van der Waals surface area contributed by atoms with E-state index in [9.17, 15) is 14.7 Å². The summed E-state index contributed by atoms with van der Waals surface area (Å²) in [6.45, 7) is 0.773. The van der Waals surface area contributed by atoms with E-state index in [1.165, 1.54) is 18.2 Å². The zero-order valence-electron chi connectivity index (χ0n) is 12.2. The molecule has 2 aromatic rings. The number of aromatic nitrogens is 2. The van der Waals surface area contributed by atoms with Crippen LogP contribution in [0.25, 0.3) is 0 Å². The first-order valence-electron chi connectivity index (χ1n) is 6.83. The Morgan fingerprint density at radius 3 is 2.92 bits per heavy atom. The number of ether oxygens (including phenoxy) is 1. The molecule has 0 amide bonds. The van der Waals surface area contributed by atoms with Crippen LogP contribution >= 0.6 is 15.9 Å². The Hall–Kier alpha value is -2.08. The lowest BCUT2D eigenvalue weighted by molar-refractivity contribution is -0.0472. The number of halogens is 2. The van der Waals surface area contributed by atoms with Crippen molar-refractivity contribution < 1.29 is 24.1 Å². The number of benzene rings is 1. The van der Waals surface area contributed by atoms with Crippen molar-refractivity contribution in [2.45, 2.75) is 5.60 Å². The van der Waals surface area contributed by atoms with Crippen LogP contribution in [0.4, 0.5) is 10.1 Å². The fourth-order valence-corrected chi connectivity index (χ4v) is 2.32. The third kappa shape index (κ3) is 3.53. The van der Waals surface area contributed by atoms with Crippen LogP contribution in [0.1, 0.15) is 5.69 Å². The van der Waals surface area contributed by atoms with Gasteiger partial charge in [0, 0.05) is 13.1 Å². The molecule has 0 atom stereocenters. The summed E-state index contributed by atoms with van der Waals surface area (Å²) >= 11 is 3.05. The lowest BCUT2D eigenvalue weighted by Gasteiger charge is -2.36. The summed E-state index contributed by atoms with van der Waals surface area (Å²) in [5, 5.41) is 29.4. The van der Waals surface area contributed by atoms with E-state index in [-0.39, 0.29) is 28.5 Å². The number of nitrogens with one attached hydrogen (secondary N) is 2. The van der Waals surface area contributed by atoms with Gasteiger partial charge in [-0.25, -0.2) is 14.0 Å². The molecule has 128 valence electrons. The van der Waals surface area contributed by atoms with Gasteiger partial charge in [-0.2, -0.15) is 0 Å². The molecule has 0 saturated carbocycles. The number of hydroxylamine groups is 1. The number of hydrogen-bond donors (Lipinski definition) is 4. The van der Waals surface area contributed by atoms with Crippen molar-refractivity contribution in [2.75, 3.05) is 19.7 Å². The van der Waals surface area contributed by atoms with E-state index in [0.29, 0.717) is 18.8 Å². The molecule has 11 heteroatoms. The molecule has 0 radical (unpaired) electrons. The van der Waals surface area contributed by atoms with Gasteiger partial charge < -0.3 is 15.2 Å². The molecule has 0 aliphatic carbocycles. The van der Waals surface area contributed by atoms with Crippen LogP contribution in [0.3, 0.4) is 0 Å². The van der Waals surface area contributed by atoms with Gasteiger partial charge in [0.1, 0.15) is 18.0 Å². The fraction of sp³-hybridized carbons (Fsp3) is 0.308. The Balaban J connectivity index is 1.81. The van der Waals surface area contributed by atoms with E-state index in [1.54, 1.807) is 0 Å². The topological polar surface area (TPSA) is 125 Å². The minimum absolute atomic E-state index is 0.00818. The SMILES string of the molecule is ONC(=Nc1ccc(F)c(Br)c1)c1nonc1OCC1(O)CNC1. The Morgan fingerprint density at radius 2 is 2.29 bits per heavy atom. The summed E-state index contributed by atoms with van der Waals surface area (Å²) in [4.78, 5) is 4.10. The highest BCUT2D eigenvalue weighted by Crippen LogP contribution is 2.24. The molecule has 0 bridgehead atoms. The van der Waals surface area contributed by atoms with Gasteiger partial charge in [0.2, 0.25) is 5.69 Å². The molecule has 1 aliphatic heterocycles. The number of hydrogen-bond acceptors (Lipinski definition) is 8. The number of rotatable bonds is 5. The minimum Gasteiger partial charge on any atom is -0.471 e. The maximum absolute atomic E-state index is 13.3. The maximum Gasteiger partial charge on any atom is 0.287 e. The second-order valence-corrected chi connectivity index (χ2v) is 6.06. The van der Waals surface area contributed by atoms with Crippen LogP contribution in [0.2, 0.25) is 0 Å². The summed E-state index contributed by atoms with van der Waals surface area (Å²) in [7, 11) is 0. The van der Waals surface area contributed by atoms with Crippen LogP contribution in [-0.4, -0.2) is 51.8 Å².